The Hall–Kier alpha value is -1.66. The number of nitrogens with zero attached hydrogens (tertiary/aromatic N) is 1. The molecule has 2 rings (SSSR count). The number of carbonyl (C=O) groups is 1. The van der Waals surface area contributed by atoms with Gasteiger partial charge >= 0.3 is 0 Å². The first-order valence-corrected chi connectivity index (χ1v) is 3.74. The molecule has 0 saturated heterocycles. The number of aliphatic imine (C=N–C) groups is 1. The van der Waals surface area contributed by atoms with Gasteiger partial charge in [0.05, 0.1) is 11.6 Å². The molecule has 0 aromatic rings. The summed E-state index contributed by atoms with van der Waals surface area (Å²) in [6.07, 6.45) is 9.97. The maximum absolute atomic E-state index is 10.6. The molecule has 2 heteroatoms. The van der Waals surface area contributed by atoms with Crippen LogP contribution in [-0.2, 0) is 4.79 Å². The fourth-order valence-electron chi connectivity index (χ4n) is 1.30. The zero-order chi connectivity index (χ0) is 8.39. The fraction of sp³-hybridized carbons (Fsp3) is 0.100. The molecule has 1 aliphatic carbocycles. The summed E-state index contributed by atoms with van der Waals surface area (Å²) in [4.78, 5) is 14.5. The highest BCUT2D eigenvalue weighted by Crippen LogP contribution is 2.21. The lowest BCUT2D eigenvalue weighted by Gasteiger charge is -2.15. The van der Waals surface area contributed by atoms with Crippen LogP contribution >= 0.6 is 0 Å². The quantitative estimate of drug-likeness (QED) is 0.418. The second-order valence-corrected chi connectivity index (χ2v) is 2.62. The van der Waals surface area contributed by atoms with Crippen LogP contribution in [0.2, 0.25) is 0 Å². The van der Waals surface area contributed by atoms with Gasteiger partial charge in [-0.1, -0.05) is 12.2 Å². The minimum Gasteiger partial charge on any atom is -0.296 e. The van der Waals surface area contributed by atoms with Crippen molar-refractivity contribution in [1.29, 1.82) is 0 Å². The Kier molecular flexibility index (Phi) is 1.61. The van der Waals surface area contributed by atoms with Crippen molar-refractivity contribution in [2.24, 2.45) is 10.9 Å². The summed E-state index contributed by atoms with van der Waals surface area (Å²) in [7, 11) is 0. The highest BCUT2D eigenvalue weighted by Gasteiger charge is 2.18. The summed E-state index contributed by atoms with van der Waals surface area (Å²) in [6, 6.07) is 0. The van der Waals surface area contributed by atoms with Gasteiger partial charge in [-0.25, -0.2) is 0 Å². The van der Waals surface area contributed by atoms with Gasteiger partial charge in [-0.2, -0.15) is 0 Å². The van der Waals surface area contributed by atoms with E-state index < -0.39 is 0 Å². The average molecular weight is 157 g/mol. The monoisotopic (exact) mass is 157 g/mol. The van der Waals surface area contributed by atoms with Crippen molar-refractivity contribution in [1.82, 2.24) is 0 Å². The third-order valence-electron chi connectivity index (χ3n) is 1.90. The summed E-state index contributed by atoms with van der Waals surface area (Å²) in [6.45, 7) is 0. The highest BCUT2D eigenvalue weighted by atomic mass is 16.1. The molecule has 1 heterocycles. The molecular weight excluding hydrogens is 150 g/mol. The van der Waals surface area contributed by atoms with E-state index in [1.54, 1.807) is 6.20 Å². The molecule has 0 fully saturated rings. The van der Waals surface area contributed by atoms with Crippen LogP contribution in [0.5, 0.6) is 0 Å². The van der Waals surface area contributed by atoms with Crippen LogP contribution in [-0.4, -0.2) is 12.0 Å². The van der Waals surface area contributed by atoms with Crippen LogP contribution in [0.25, 0.3) is 0 Å². The van der Waals surface area contributed by atoms with Gasteiger partial charge in [0.25, 0.3) is 0 Å². The number of rotatable bonds is 1. The third-order valence-corrected chi connectivity index (χ3v) is 1.90. The first-order valence-electron chi connectivity index (χ1n) is 3.74. The van der Waals surface area contributed by atoms with E-state index in [0.29, 0.717) is 5.71 Å². The summed E-state index contributed by atoms with van der Waals surface area (Å²) < 4.78 is 0. The fourth-order valence-corrected chi connectivity index (χ4v) is 1.30. The van der Waals surface area contributed by atoms with Crippen molar-refractivity contribution >= 4 is 12.0 Å². The Morgan fingerprint density at radius 1 is 1.58 bits per heavy atom. The largest absolute Gasteiger partial charge is 0.296 e. The van der Waals surface area contributed by atoms with Gasteiger partial charge in [-0.3, -0.25) is 9.79 Å². The molecule has 58 valence electrons. The third kappa shape index (κ3) is 0.987. The standard InChI is InChI=1S/C10H7NO/c12-7-10-9-4-2-1-3-8(9)5-6-11-10/h1-2,4-7,9H. The normalized spacial score (nSPS) is 24.5. The molecule has 0 radical (unpaired) electrons. The zero-order valence-electron chi connectivity index (χ0n) is 6.40. The van der Waals surface area contributed by atoms with Crippen molar-refractivity contribution < 1.29 is 4.79 Å². The summed E-state index contributed by atoms with van der Waals surface area (Å²) in [5, 5.41) is 0. The van der Waals surface area contributed by atoms with E-state index in [1.165, 1.54) is 0 Å². The van der Waals surface area contributed by atoms with Gasteiger partial charge in [0, 0.05) is 11.8 Å². The van der Waals surface area contributed by atoms with Crippen LogP contribution < -0.4 is 0 Å². The molecule has 0 bridgehead atoms. The van der Waals surface area contributed by atoms with E-state index in [0.717, 1.165) is 11.9 Å². The van der Waals surface area contributed by atoms with Crippen molar-refractivity contribution in [2.45, 2.75) is 0 Å². The van der Waals surface area contributed by atoms with Gasteiger partial charge in [-0.15, -0.1) is 5.73 Å². The molecule has 12 heavy (non-hydrogen) atoms. The maximum atomic E-state index is 10.6. The van der Waals surface area contributed by atoms with Crippen molar-refractivity contribution in [2.75, 3.05) is 0 Å². The predicted molar refractivity (Wildman–Crippen MR) is 46.9 cm³/mol. The molecule has 1 atom stereocenters. The molecular formula is C10H7NO. The molecule has 1 aliphatic heterocycles. The number of fused-ring (bicyclic) bond motifs is 1. The SMILES string of the molecule is O=CC1=NC=CC2=C=CC=CC21. The molecule has 0 N–H and O–H groups in total. The topological polar surface area (TPSA) is 29.4 Å². The van der Waals surface area contributed by atoms with E-state index in [4.69, 9.17) is 0 Å². The van der Waals surface area contributed by atoms with Gasteiger partial charge in [0.1, 0.15) is 0 Å². The van der Waals surface area contributed by atoms with E-state index in [9.17, 15) is 4.79 Å². The van der Waals surface area contributed by atoms with Crippen molar-refractivity contribution in [3.8, 4) is 0 Å². The minimum atomic E-state index is 0.0255. The molecule has 0 spiro atoms. The lowest BCUT2D eigenvalue weighted by atomic mass is 9.91. The number of hydrogen-bond donors (Lipinski definition) is 0. The average Bonchev–Trinajstić information content (AvgIpc) is 2.17. The van der Waals surface area contributed by atoms with E-state index in [2.05, 4.69) is 10.7 Å². The summed E-state index contributed by atoms with van der Waals surface area (Å²) in [5.41, 5.74) is 4.63. The van der Waals surface area contributed by atoms with Gasteiger partial charge in [0.15, 0.2) is 6.29 Å². The van der Waals surface area contributed by atoms with Crippen LogP contribution in [0.3, 0.4) is 0 Å². The van der Waals surface area contributed by atoms with Crippen LogP contribution in [0.15, 0.2) is 46.8 Å². The Morgan fingerprint density at radius 3 is 3.33 bits per heavy atom. The number of allylic oxidation sites excluding steroid dienone is 4. The lowest BCUT2D eigenvalue weighted by Crippen LogP contribution is -2.17. The molecule has 0 aromatic heterocycles. The summed E-state index contributed by atoms with van der Waals surface area (Å²) >= 11 is 0. The highest BCUT2D eigenvalue weighted by molar-refractivity contribution is 6.31. The van der Waals surface area contributed by atoms with Crippen LogP contribution in [0, 0.1) is 5.92 Å². The summed E-state index contributed by atoms with van der Waals surface area (Å²) in [5.74, 6) is 0.0255. The zero-order valence-corrected chi connectivity index (χ0v) is 6.40. The van der Waals surface area contributed by atoms with Crippen molar-refractivity contribution in [3.63, 3.8) is 0 Å². The van der Waals surface area contributed by atoms with E-state index >= 15 is 0 Å². The lowest BCUT2D eigenvalue weighted by molar-refractivity contribution is -0.102. The first kappa shape index (κ1) is 7.01. The smallest absolute Gasteiger partial charge is 0.165 e. The van der Waals surface area contributed by atoms with Gasteiger partial charge in [-0.05, 0) is 12.2 Å². The van der Waals surface area contributed by atoms with Crippen LogP contribution in [0.1, 0.15) is 0 Å². The molecule has 2 aliphatic rings. The molecule has 0 amide bonds. The first-order chi connectivity index (χ1) is 5.92. The van der Waals surface area contributed by atoms with Crippen molar-refractivity contribution in [3.05, 3.63) is 41.8 Å². The molecule has 1 unspecified atom stereocenters. The maximum Gasteiger partial charge on any atom is 0.165 e. The van der Waals surface area contributed by atoms with Crippen LogP contribution in [0.4, 0.5) is 0 Å². The molecule has 2 nitrogen and oxygen atoms in total. The number of hydrogen-bond acceptors (Lipinski definition) is 2. The van der Waals surface area contributed by atoms with Gasteiger partial charge < -0.3 is 0 Å². The Labute approximate surface area is 70.3 Å². The Bertz CT molecular complexity index is 365. The number of aldehydes is 1. The Balaban J connectivity index is 2.49. The molecule has 0 saturated carbocycles. The van der Waals surface area contributed by atoms with Gasteiger partial charge in [0.2, 0.25) is 0 Å². The van der Waals surface area contributed by atoms with E-state index in [1.807, 2.05) is 24.3 Å². The number of carbonyl (C=O) groups excluding carboxylic acids is 1. The second kappa shape index (κ2) is 2.76. The second-order valence-electron chi connectivity index (χ2n) is 2.62. The molecule has 0 aromatic carbocycles. The Morgan fingerprint density at radius 2 is 2.50 bits per heavy atom. The van der Waals surface area contributed by atoms with E-state index in [-0.39, 0.29) is 5.92 Å². The predicted octanol–water partition coefficient (Wildman–Crippen LogP) is 1.42. The minimum absolute atomic E-state index is 0.0255.